The number of ether oxygens (including phenoxy) is 2. The lowest BCUT2D eigenvalue weighted by molar-refractivity contribution is -0.148. The van der Waals surface area contributed by atoms with Gasteiger partial charge in [0.25, 0.3) is 5.91 Å². The molecule has 0 saturated carbocycles. The molecular weight excluding hydrogens is 337 g/mol. The van der Waals surface area contributed by atoms with Gasteiger partial charge in [0.05, 0.1) is 7.11 Å². The molecule has 0 unspecified atom stereocenters. The van der Waals surface area contributed by atoms with Gasteiger partial charge in [0.1, 0.15) is 24.2 Å². The third-order valence-corrected chi connectivity index (χ3v) is 3.86. The van der Waals surface area contributed by atoms with Crippen LogP contribution in [0.2, 0.25) is 0 Å². The third-order valence-electron chi connectivity index (χ3n) is 3.86. The highest BCUT2D eigenvalue weighted by Gasteiger charge is 2.26. The summed E-state index contributed by atoms with van der Waals surface area (Å²) in [5, 5.41) is 2.69. The Balaban J connectivity index is 2.05. The molecule has 1 amide bonds. The van der Waals surface area contributed by atoms with E-state index in [0.29, 0.717) is 16.9 Å². The first-order valence-electron chi connectivity index (χ1n) is 8.27. The minimum absolute atomic E-state index is 0.149. The average molecular weight is 359 g/mol. The summed E-state index contributed by atoms with van der Waals surface area (Å²) >= 11 is 0. The molecule has 0 radical (unpaired) electrons. The second kappa shape index (κ2) is 8.99. The van der Waals surface area contributed by atoms with Crippen LogP contribution in [-0.2, 0) is 16.1 Å². The number of carbonyl (C=O) groups excluding carboxylic acids is 2. The fourth-order valence-electron chi connectivity index (χ4n) is 2.41. The van der Waals surface area contributed by atoms with Gasteiger partial charge in [-0.2, -0.15) is 0 Å². The van der Waals surface area contributed by atoms with E-state index in [4.69, 9.17) is 9.47 Å². The summed E-state index contributed by atoms with van der Waals surface area (Å²) in [6.07, 6.45) is 0. The molecule has 1 N–H and O–H groups in total. The van der Waals surface area contributed by atoms with Crippen molar-refractivity contribution in [3.05, 3.63) is 65.5 Å². The van der Waals surface area contributed by atoms with Crippen molar-refractivity contribution in [2.45, 2.75) is 26.5 Å². The third kappa shape index (κ3) is 5.05. The van der Waals surface area contributed by atoms with E-state index in [1.54, 1.807) is 44.2 Å². The van der Waals surface area contributed by atoms with Crippen LogP contribution in [0.1, 0.15) is 29.8 Å². The lowest BCUT2D eigenvalue weighted by Gasteiger charge is -2.21. The van der Waals surface area contributed by atoms with E-state index in [2.05, 4.69) is 5.32 Å². The van der Waals surface area contributed by atoms with E-state index in [9.17, 15) is 14.0 Å². The zero-order valence-corrected chi connectivity index (χ0v) is 15.0. The molecule has 5 nitrogen and oxygen atoms in total. The predicted octanol–water partition coefficient (Wildman–Crippen LogP) is 3.33. The van der Waals surface area contributed by atoms with Gasteiger partial charge >= 0.3 is 5.97 Å². The molecule has 0 aromatic heterocycles. The minimum Gasteiger partial charge on any atom is -0.496 e. The normalized spacial score (nSPS) is 11.7. The molecule has 0 aliphatic carbocycles. The molecule has 1 atom stereocenters. The van der Waals surface area contributed by atoms with Crippen LogP contribution >= 0.6 is 0 Å². The van der Waals surface area contributed by atoms with Gasteiger partial charge in [-0.15, -0.1) is 0 Å². The summed E-state index contributed by atoms with van der Waals surface area (Å²) in [7, 11) is 1.45. The summed E-state index contributed by atoms with van der Waals surface area (Å²) in [5.74, 6) is -1.15. The maximum absolute atomic E-state index is 13.4. The molecule has 6 heteroatoms. The van der Waals surface area contributed by atoms with E-state index in [-0.39, 0.29) is 18.4 Å². The van der Waals surface area contributed by atoms with Crippen molar-refractivity contribution in [2.75, 3.05) is 7.11 Å². The number of amides is 1. The minimum atomic E-state index is -0.817. The molecule has 0 aliphatic rings. The van der Waals surface area contributed by atoms with Gasteiger partial charge in [-0.1, -0.05) is 32.0 Å². The summed E-state index contributed by atoms with van der Waals surface area (Å²) in [4.78, 5) is 24.7. The van der Waals surface area contributed by atoms with Crippen LogP contribution in [0.25, 0.3) is 0 Å². The average Bonchev–Trinajstić information content (AvgIpc) is 2.64. The van der Waals surface area contributed by atoms with Crippen LogP contribution in [0.5, 0.6) is 5.75 Å². The van der Waals surface area contributed by atoms with Crippen LogP contribution in [0.15, 0.2) is 48.5 Å². The molecule has 0 heterocycles. The first kappa shape index (κ1) is 19.4. The van der Waals surface area contributed by atoms with Crippen molar-refractivity contribution in [3.63, 3.8) is 0 Å². The number of rotatable bonds is 7. The maximum Gasteiger partial charge on any atom is 0.329 e. The van der Waals surface area contributed by atoms with Crippen molar-refractivity contribution in [1.29, 1.82) is 0 Å². The van der Waals surface area contributed by atoms with Crippen LogP contribution < -0.4 is 10.1 Å². The van der Waals surface area contributed by atoms with Crippen molar-refractivity contribution in [3.8, 4) is 5.75 Å². The van der Waals surface area contributed by atoms with E-state index in [1.807, 2.05) is 0 Å². The fourth-order valence-corrected chi connectivity index (χ4v) is 2.41. The Kier molecular flexibility index (Phi) is 6.72. The van der Waals surface area contributed by atoms with Gasteiger partial charge in [-0.3, -0.25) is 4.79 Å². The summed E-state index contributed by atoms with van der Waals surface area (Å²) < 4.78 is 23.8. The molecule has 0 fully saturated rings. The smallest absolute Gasteiger partial charge is 0.329 e. The van der Waals surface area contributed by atoms with Gasteiger partial charge in [-0.05, 0) is 36.2 Å². The van der Waals surface area contributed by atoms with Gasteiger partial charge in [0, 0.05) is 11.1 Å². The first-order valence-corrected chi connectivity index (χ1v) is 8.27. The first-order chi connectivity index (χ1) is 12.4. The largest absolute Gasteiger partial charge is 0.496 e. The molecule has 0 spiro atoms. The molecular formula is C20H22FNO4. The summed E-state index contributed by atoms with van der Waals surface area (Å²) in [6, 6.07) is 11.8. The maximum atomic E-state index is 13.4. The molecule has 2 aromatic rings. The van der Waals surface area contributed by atoms with Gasteiger partial charge < -0.3 is 14.8 Å². The van der Waals surface area contributed by atoms with Crippen LogP contribution in [0, 0.1) is 11.7 Å². The zero-order chi connectivity index (χ0) is 19.1. The van der Waals surface area contributed by atoms with E-state index in [1.165, 1.54) is 25.3 Å². The van der Waals surface area contributed by atoms with Crippen molar-refractivity contribution in [1.82, 2.24) is 5.32 Å². The van der Waals surface area contributed by atoms with Crippen molar-refractivity contribution < 1.29 is 23.5 Å². The Bertz CT molecular complexity index is 762. The highest BCUT2D eigenvalue weighted by atomic mass is 19.1. The van der Waals surface area contributed by atoms with Crippen LogP contribution in [-0.4, -0.2) is 25.0 Å². The number of hydrogen-bond donors (Lipinski definition) is 1. The number of hydrogen-bond acceptors (Lipinski definition) is 4. The summed E-state index contributed by atoms with van der Waals surface area (Å²) in [5.41, 5.74) is 0.871. The SMILES string of the molecule is COc1ccc(F)cc1COC(=O)[C@@H](NC(=O)c1ccccc1)C(C)C. The van der Waals surface area contributed by atoms with Crippen molar-refractivity contribution in [2.24, 2.45) is 5.92 Å². The lowest BCUT2D eigenvalue weighted by Crippen LogP contribution is -2.45. The van der Waals surface area contributed by atoms with Gasteiger partial charge in [-0.25, -0.2) is 9.18 Å². The highest BCUT2D eigenvalue weighted by molar-refractivity contribution is 5.96. The predicted molar refractivity (Wildman–Crippen MR) is 95.3 cm³/mol. The Hall–Kier alpha value is -2.89. The quantitative estimate of drug-likeness (QED) is 0.770. The Morgan fingerprint density at radius 2 is 1.81 bits per heavy atom. The highest BCUT2D eigenvalue weighted by Crippen LogP contribution is 2.20. The van der Waals surface area contributed by atoms with E-state index in [0.717, 1.165) is 0 Å². The fraction of sp³-hybridized carbons (Fsp3) is 0.300. The molecule has 2 aromatic carbocycles. The summed E-state index contributed by atoms with van der Waals surface area (Å²) in [6.45, 7) is 3.46. The monoisotopic (exact) mass is 359 g/mol. The van der Waals surface area contributed by atoms with Crippen LogP contribution in [0.3, 0.4) is 0 Å². The molecule has 0 bridgehead atoms. The number of esters is 1. The molecule has 26 heavy (non-hydrogen) atoms. The molecule has 2 rings (SSSR count). The lowest BCUT2D eigenvalue weighted by atomic mass is 10.0. The van der Waals surface area contributed by atoms with Crippen LogP contribution in [0.4, 0.5) is 4.39 Å². The second-order valence-corrected chi connectivity index (χ2v) is 6.13. The Morgan fingerprint density at radius 3 is 2.42 bits per heavy atom. The van der Waals surface area contributed by atoms with Gasteiger partial charge in [0.15, 0.2) is 0 Å². The topological polar surface area (TPSA) is 64.6 Å². The number of methoxy groups -OCH3 is 1. The number of carbonyl (C=O) groups is 2. The van der Waals surface area contributed by atoms with E-state index < -0.39 is 17.8 Å². The number of benzene rings is 2. The molecule has 0 aliphatic heterocycles. The van der Waals surface area contributed by atoms with E-state index >= 15 is 0 Å². The standard InChI is InChI=1S/C20H22FNO4/c1-13(2)18(22-19(23)14-7-5-4-6-8-14)20(24)26-12-15-11-16(21)9-10-17(15)25-3/h4-11,13,18H,12H2,1-3H3,(H,22,23)/t18-/m0/s1. The molecule has 138 valence electrons. The van der Waals surface area contributed by atoms with Crippen molar-refractivity contribution >= 4 is 11.9 Å². The Morgan fingerprint density at radius 1 is 1.12 bits per heavy atom. The van der Waals surface area contributed by atoms with Gasteiger partial charge in [0.2, 0.25) is 0 Å². The zero-order valence-electron chi connectivity index (χ0n) is 15.0. The number of nitrogens with one attached hydrogen (secondary N) is 1. The number of halogens is 1. The second-order valence-electron chi connectivity index (χ2n) is 6.13. The Labute approximate surface area is 152 Å². The molecule has 0 saturated heterocycles.